The number of nitrogens with one attached hydrogen (secondary N) is 1. The van der Waals surface area contributed by atoms with Crippen LogP contribution in [0.25, 0.3) is 0 Å². The molecule has 0 aromatic heterocycles. The molecule has 168 valence electrons. The van der Waals surface area contributed by atoms with Gasteiger partial charge in [-0.15, -0.1) is 0 Å². The maximum Gasteiger partial charge on any atom is 0.416 e. The number of amides is 1. The average Bonchev–Trinajstić information content (AvgIpc) is 3.13. The predicted molar refractivity (Wildman–Crippen MR) is 98.6 cm³/mol. The number of halogens is 6. The minimum Gasteiger partial charge on any atom is -0.454 e. The molecule has 1 aliphatic heterocycles. The molecule has 2 aromatic rings. The van der Waals surface area contributed by atoms with Crippen LogP contribution in [-0.2, 0) is 23.7 Å². The second kappa shape index (κ2) is 8.66. The van der Waals surface area contributed by atoms with E-state index in [1.54, 1.807) is 30.0 Å². The lowest BCUT2D eigenvalue weighted by molar-refractivity contribution is -0.143. The van der Waals surface area contributed by atoms with Crippen molar-refractivity contribution in [2.45, 2.75) is 25.8 Å². The molecule has 0 aliphatic carbocycles. The van der Waals surface area contributed by atoms with Crippen LogP contribution in [0.1, 0.15) is 23.6 Å². The number of anilines is 1. The zero-order valence-corrected chi connectivity index (χ0v) is 16.2. The number of rotatable bonds is 6. The lowest BCUT2D eigenvalue weighted by Gasteiger charge is -2.21. The molecule has 0 bridgehead atoms. The van der Waals surface area contributed by atoms with E-state index in [1.807, 2.05) is 0 Å². The second-order valence-electron chi connectivity index (χ2n) is 6.83. The first kappa shape index (κ1) is 22.7. The highest BCUT2D eigenvalue weighted by Gasteiger charge is 2.37. The summed E-state index contributed by atoms with van der Waals surface area (Å²) in [5, 5.41) is 2.13. The largest absolute Gasteiger partial charge is 0.454 e. The van der Waals surface area contributed by atoms with Gasteiger partial charge in [0, 0.05) is 12.2 Å². The Labute approximate surface area is 173 Å². The third-order valence-corrected chi connectivity index (χ3v) is 4.53. The van der Waals surface area contributed by atoms with Crippen molar-refractivity contribution in [3.05, 3.63) is 53.1 Å². The summed E-state index contributed by atoms with van der Waals surface area (Å²) in [6, 6.07) is 6.19. The number of carbonyl (C=O) groups excluding carboxylic acids is 1. The van der Waals surface area contributed by atoms with Gasteiger partial charge in [0.05, 0.1) is 17.7 Å². The Morgan fingerprint density at radius 1 is 0.968 bits per heavy atom. The standard InChI is InChI=1S/C20H18F6N2O3/c1-2-28(9-12-3-4-16-17(5-12)31-11-30-16)10-18(29)27-15-7-13(19(21,22)23)6-14(8-15)20(24,25)26/h3-8H,2,9-11H2,1H3,(H,27,29). The number of hydrogen-bond donors (Lipinski definition) is 1. The molecule has 3 rings (SSSR count). The van der Waals surface area contributed by atoms with Gasteiger partial charge in [-0.3, -0.25) is 9.69 Å². The van der Waals surface area contributed by atoms with E-state index < -0.39 is 35.1 Å². The number of likely N-dealkylation sites (N-methyl/N-ethyl adjacent to an activating group) is 1. The summed E-state index contributed by atoms with van der Waals surface area (Å²) in [4.78, 5) is 14.0. The van der Waals surface area contributed by atoms with Gasteiger partial charge >= 0.3 is 12.4 Å². The molecule has 1 amide bonds. The van der Waals surface area contributed by atoms with Crippen LogP contribution in [-0.4, -0.2) is 30.7 Å². The number of fused-ring (bicyclic) bond motifs is 1. The number of benzene rings is 2. The van der Waals surface area contributed by atoms with Crippen LogP contribution in [0.5, 0.6) is 11.5 Å². The normalized spacial score (nSPS) is 13.5. The monoisotopic (exact) mass is 448 g/mol. The number of nitrogens with zero attached hydrogens (tertiary/aromatic N) is 1. The van der Waals surface area contributed by atoms with Gasteiger partial charge in [-0.25, -0.2) is 0 Å². The molecule has 5 nitrogen and oxygen atoms in total. The second-order valence-corrected chi connectivity index (χ2v) is 6.83. The fraction of sp³-hybridized carbons (Fsp3) is 0.350. The van der Waals surface area contributed by atoms with Crippen LogP contribution in [0.3, 0.4) is 0 Å². The first-order chi connectivity index (χ1) is 14.5. The van der Waals surface area contributed by atoms with E-state index in [0.717, 1.165) is 5.56 Å². The number of ether oxygens (including phenoxy) is 2. The smallest absolute Gasteiger partial charge is 0.416 e. The molecule has 0 atom stereocenters. The molecule has 11 heteroatoms. The van der Waals surface area contributed by atoms with Gasteiger partial charge in [-0.2, -0.15) is 26.3 Å². The summed E-state index contributed by atoms with van der Waals surface area (Å²) in [5.41, 5.74) is -2.76. The molecule has 0 fully saturated rings. The lowest BCUT2D eigenvalue weighted by atomic mass is 10.1. The quantitative estimate of drug-likeness (QED) is 0.638. The van der Waals surface area contributed by atoms with Gasteiger partial charge in [0.15, 0.2) is 11.5 Å². The van der Waals surface area contributed by atoms with Crippen molar-refractivity contribution in [3.63, 3.8) is 0 Å². The number of alkyl halides is 6. The molecule has 1 N–H and O–H groups in total. The number of carbonyl (C=O) groups is 1. The summed E-state index contributed by atoms with van der Waals surface area (Å²) in [6.07, 6.45) is -9.98. The zero-order chi connectivity index (χ0) is 22.8. The molecular formula is C20H18F6N2O3. The van der Waals surface area contributed by atoms with Crippen molar-refractivity contribution in [2.75, 3.05) is 25.2 Å². The van der Waals surface area contributed by atoms with Gasteiger partial charge in [0.2, 0.25) is 12.7 Å². The minimum absolute atomic E-state index is 0.00758. The molecule has 0 spiro atoms. The third-order valence-electron chi connectivity index (χ3n) is 4.53. The molecule has 0 radical (unpaired) electrons. The van der Waals surface area contributed by atoms with E-state index in [1.165, 1.54) is 0 Å². The maximum atomic E-state index is 13.0. The Hall–Kier alpha value is -2.95. The minimum atomic E-state index is -4.99. The van der Waals surface area contributed by atoms with Gasteiger partial charge in [0.1, 0.15) is 0 Å². The van der Waals surface area contributed by atoms with Crippen LogP contribution in [0.4, 0.5) is 32.0 Å². The van der Waals surface area contributed by atoms with Gasteiger partial charge in [-0.05, 0) is 42.4 Å². The first-order valence-corrected chi connectivity index (χ1v) is 9.16. The fourth-order valence-electron chi connectivity index (χ4n) is 3.01. The van der Waals surface area contributed by atoms with E-state index >= 15 is 0 Å². The van der Waals surface area contributed by atoms with Crippen LogP contribution in [0.2, 0.25) is 0 Å². The maximum absolute atomic E-state index is 13.0. The number of hydrogen-bond acceptors (Lipinski definition) is 4. The predicted octanol–water partition coefficient (Wildman–Crippen LogP) is 4.91. The summed E-state index contributed by atoms with van der Waals surface area (Å²) in [7, 11) is 0. The first-order valence-electron chi connectivity index (χ1n) is 9.16. The van der Waals surface area contributed by atoms with Crippen LogP contribution in [0, 0.1) is 0 Å². The Balaban J connectivity index is 1.71. The van der Waals surface area contributed by atoms with Crippen molar-refractivity contribution in [1.82, 2.24) is 4.90 Å². The van der Waals surface area contributed by atoms with Crippen molar-refractivity contribution >= 4 is 11.6 Å². The molecule has 1 heterocycles. The van der Waals surface area contributed by atoms with Crippen LogP contribution >= 0.6 is 0 Å². The van der Waals surface area contributed by atoms with Crippen molar-refractivity contribution in [3.8, 4) is 11.5 Å². The van der Waals surface area contributed by atoms with Gasteiger partial charge < -0.3 is 14.8 Å². The van der Waals surface area contributed by atoms with E-state index in [4.69, 9.17) is 9.47 Å². The van der Waals surface area contributed by atoms with Crippen molar-refractivity contribution in [1.29, 1.82) is 0 Å². The Bertz CT molecular complexity index is 927. The highest BCUT2D eigenvalue weighted by atomic mass is 19.4. The van der Waals surface area contributed by atoms with Crippen molar-refractivity contribution < 1.29 is 40.6 Å². The highest BCUT2D eigenvalue weighted by molar-refractivity contribution is 5.92. The summed E-state index contributed by atoms with van der Waals surface area (Å²) in [5.74, 6) is 0.409. The lowest BCUT2D eigenvalue weighted by Crippen LogP contribution is -2.32. The van der Waals surface area contributed by atoms with E-state index in [9.17, 15) is 31.1 Å². The Morgan fingerprint density at radius 3 is 2.16 bits per heavy atom. The van der Waals surface area contributed by atoms with Gasteiger partial charge in [-0.1, -0.05) is 13.0 Å². The fourth-order valence-corrected chi connectivity index (χ4v) is 3.01. The molecule has 31 heavy (non-hydrogen) atoms. The molecule has 0 saturated carbocycles. The summed E-state index contributed by atoms with van der Waals surface area (Å²) in [6.45, 7) is 2.37. The van der Waals surface area contributed by atoms with E-state index in [0.29, 0.717) is 36.7 Å². The van der Waals surface area contributed by atoms with Crippen LogP contribution in [0.15, 0.2) is 36.4 Å². The van der Waals surface area contributed by atoms with Gasteiger partial charge in [0.25, 0.3) is 0 Å². The topological polar surface area (TPSA) is 50.8 Å². The molecule has 0 unspecified atom stereocenters. The Kier molecular flexibility index (Phi) is 6.35. The Morgan fingerprint density at radius 2 is 1.58 bits per heavy atom. The van der Waals surface area contributed by atoms with Crippen molar-refractivity contribution in [2.24, 2.45) is 0 Å². The zero-order valence-electron chi connectivity index (χ0n) is 16.2. The van der Waals surface area contributed by atoms with E-state index in [-0.39, 0.29) is 19.4 Å². The summed E-state index contributed by atoms with van der Waals surface area (Å²) < 4.78 is 88.3. The third kappa shape index (κ3) is 5.81. The molecule has 0 saturated heterocycles. The van der Waals surface area contributed by atoms with E-state index in [2.05, 4.69) is 5.32 Å². The average molecular weight is 448 g/mol. The van der Waals surface area contributed by atoms with Crippen LogP contribution < -0.4 is 14.8 Å². The molecular weight excluding hydrogens is 430 g/mol. The summed E-state index contributed by atoms with van der Waals surface area (Å²) >= 11 is 0. The molecule has 1 aliphatic rings. The SMILES string of the molecule is CCN(CC(=O)Nc1cc(C(F)(F)F)cc(C(F)(F)F)c1)Cc1ccc2c(c1)OCO2. The highest BCUT2D eigenvalue weighted by Crippen LogP contribution is 2.37. The molecule has 2 aromatic carbocycles.